The summed E-state index contributed by atoms with van der Waals surface area (Å²) in [4.78, 5) is 10.4. The van der Waals surface area contributed by atoms with Crippen LogP contribution in [-0.2, 0) is 0 Å². The summed E-state index contributed by atoms with van der Waals surface area (Å²) in [7, 11) is 0. The lowest BCUT2D eigenvalue weighted by atomic mass is 9.91. The predicted octanol–water partition coefficient (Wildman–Crippen LogP) is 3.98. The maximum absolute atomic E-state index is 10.9. The molecule has 19 heavy (non-hydrogen) atoms. The van der Waals surface area contributed by atoms with Crippen molar-refractivity contribution in [1.82, 2.24) is 0 Å². The Bertz CT molecular complexity index is 629. The normalized spacial score (nSPS) is 12.1. The molecule has 0 aliphatic heterocycles. The fraction of sp³-hybridized carbons (Fsp3) is 0.143. The van der Waals surface area contributed by atoms with Gasteiger partial charge in [0.1, 0.15) is 5.69 Å². The van der Waals surface area contributed by atoms with Crippen molar-refractivity contribution >= 4 is 23.0 Å². The Morgan fingerprint density at radius 2 is 1.79 bits per heavy atom. The Morgan fingerprint density at radius 1 is 1.16 bits per heavy atom. The second kappa shape index (κ2) is 5.28. The summed E-state index contributed by atoms with van der Waals surface area (Å²) in [5.74, 6) is -0.103. The zero-order valence-corrected chi connectivity index (χ0v) is 11.1. The van der Waals surface area contributed by atoms with Gasteiger partial charge in [0, 0.05) is 17.0 Å². The number of hydrogen-bond donors (Lipinski definition) is 1. The van der Waals surface area contributed by atoms with Crippen LogP contribution >= 0.6 is 11.6 Å². The van der Waals surface area contributed by atoms with Crippen molar-refractivity contribution < 1.29 is 4.92 Å². The van der Waals surface area contributed by atoms with E-state index in [1.165, 1.54) is 6.07 Å². The van der Waals surface area contributed by atoms with Crippen LogP contribution in [0.1, 0.15) is 24.0 Å². The Hall–Kier alpha value is -2.07. The molecular weight excluding hydrogens is 264 g/mol. The quantitative estimate of drug-likeness (QED) is 0.524. The summed E-state index contributed by atoms with van der Waals surface area (Å²) in [6.07, 6.45) is 0. The average Bonchev–Trinajstić information content (AvgIpc) is 2.38. The number of para-hydroxylation sites is 1. The predicted molar refractivity (Wildman–Crippen MR) is 76.5 cm³/mol. The van der Waals surface area contributed by atoms with E-state index in [1.807, 2.05) is 25.1 Å². The lowest BCUT2D eigenvalue weighted by Crippen LogP contribution is -2.04. The maximum Gasteiger partial charge on any atom is 0.292 e. The van der Waals surface area contributed by atoms with Gasteiger partial charge in [-0.1, -0.05) is 48.9 Å². The van der Waals surface area contributed by atoms with Gasteiger partial charge in [0.05, 0.1) is 4.92 Å². The van der Waals surface area contributed by atoms with Crippen LogP contribution in [0.5, 0.6) is 0 Å². The lowest BCUT2D eigenvalue weighted by molar-refractivity contribution is -0.383. The molecule has 2 aromatic rings. The van der Waals surface area contributed by atoms with Crippen LogP contribution in [0.25, 0.3) is 0 Å². The third-order valence-electron chi connectivity index (χ3n) is 3.15. The van der Waals surface area contributed by atoms with Gasteiger partial charge in [-0.15, -0.1) is 0 Å². The molecular formula is C14H13ClN2O2. The Kier molecular flexibility index (Phi) is 3.71. The van der Waals surface area contributed by atoms with Crippen molar-refractivity contribution in [2.24, 2.45) is 0 Å². The summed E-state index contributed by atoms with van der Waals surface area (Å²) in [5, 5.41) is 11.5. The molecule has 0 saturated heterocycles. The van der Waals surface area contributed by atoms with Gasteiger partial charge >= 0.3 is 0 Å². The van der Waals surface area contributed by atoms with Crippen molar-refractivity contribution in [2.45, 2.75) is 12.8 Å². The van der Waals surface area contributed by atoms with Gasteiger partial charge in [0.25, 0.3) is 5.69 Å². The largest absolute Gasteiger partial charge is 0.393 e. The van der Waals surface area contributed by atoms with E-state index < -0.39 is 4.92 Å². The smallest absolute Gasteiger partial charge is 0.292 e. The van der Waals surface area contributed by atoms with Crippen molar-refractivity contribution in [3.63, 3.8) is 0 Å². The molecule has 4 nitrogen and oxygen atoms in total. The Labute approximate surface area is 116 Å². The summed E-state index contributed by atoms with van der Waals surface area (Å²) >= 11 is 6.15. The molecule has 0 saturated carbocycles. The average molecular weight is 277 g/mol. The summed E-state index contributed by atoms with van der Waals surface area (Å²) in [6.45, 7) is 1.93. The minimum absolute atomic E-state index is 0.0728. The maximum atomic E-state index is 10.9. The zero-order chi connectivity index (χ0) is 14.0. The lowest BCUT2D eigenvalue weighted by Gasteiger charge is -2.16. The molecule has 2 rings (SSSR count). The molecule has 5 heteroatoms. The molecule has 0 amide bonds. The first-order valence-corrected chi connectivity index (χ1v) is 6.17. The van der Waals surface area contributed by atoms with Crippen molar-refractivity contribution in [3.8, 4) is 0 Å². The highest BCUT2D eigenvalue weighted by Gasteiger charge is 2.20. The third-order valence-corrected chi connectivity index (χ3v) is 3.50. The van der Waals surface area contributed by atoms with E-state index in [4.69, 9.17) is 17.3 Å². The Morgan fingerprint density at radius 3 is 2.42 bits per heavy atom. The second-order valence-electron chi connectivity index (χ2n) is 4.28. The van der Waals surface area contributed by atoms with Crippen LogP contribution in [0.15, 0.2) is 42.5 Å². The first-order chi connectivity index (χ1) is 9.02. The van der Waals surface area contributed by atoms with E-state index in [0.717, 1.165) is 5.56 Å². The molecule has 2 aromatic carbocycles. The van der Waals surface area contributed by atoms with Crippen molar-refractivity contribution in [3.05, 3.63) is 68.7 Å². The fourth-order valence-corrected chi connectivity index (χ4v) is 2.40. The van der Waals surface area contributed by atoms with Gasteiger partial charge in [0.2, 0.25) is 0 Å². The van der Waals surface area contributed by atoms with E-state index in [9.17, 15) is 10.1 Å². The highest BCUT2D eigenvalue weighted by Crippen LogP contribution is 2.36. The van der Waals surface area contributed by atoms with Crippen molar-refractivity contribution in [1.29, 1.82) is 0 Å². The van der Waals surface area contributed by atoms with Crippen LogP contribution < -0.4 is 5.73 Å². The highest BCUT2D eigenvalue weighted by molar-refractivity contribution is 6.31. The molecule has 0 aliphatic carbocycles. The molecule has 0 bridgehead atoms. The summed E-state index contributed by atoms with van der Waals surface area (Å²) in [5.41, 5.74) is 7.62. The van der Waals surface area contributed by atoms with Crippen LogP contribution in [0.3, 0.4) is 0 Å². The number of nitrogen functional groups attached to an aromatic ring is 1. The SMILES string of the molecule is CC(c1ccccc1Cl)c1cccc([N+](=O)[O-])c1N. The molecule has 1 atom stereocenters. The van der Waals surface area contributed by atoms with E-state index in [-0.39, 0.29) is 17.3 Å². The molecule has 0 aliphatic rings. The number of benzene rings is 2. The second-order valence-corrected chi connectivity index (χ2v) is 4.69. The molecule has 0 radical (unpaired) electrons. The van der Waals surface area contributed by atoms with E-state index in [0.29, 0.717) is 10.6 Å². The standard InChI is InChI=1S/C14H13ClN2O2/c1-9(10-5-2-3-7-12(10)15)11-6-4-8-13(14(11)16)17(18)19/h2-9H,16H2,1H3. The molecule has 0 fully saturated rings. The number of hydrogen-bond acceptors (Lipinski definition) is 3. The van der Waals surface area contributed by atoms with Gasteiger partial charge in [-0.2, -0.15) is 0 Å². The number of nitrogens with zero attached hydrogens (tertiary/aromatic N) is 1. The first kappa shape index (κ1) is 13.4. The fourth-order valence-electron chi connectivity index (χ4n) is 2.10. The first-order valence-electron chi connectivity index (χ1n) is 5.79. The number of nitrogens with two attached hydrogens (primary N) is 1. The van der Waals surface area contributed by atoms with Crippen LogP contribution in [-0.4, -0.2) is 4.92 Å². The molecule has 0 aromatic heterocycles. The van der Waals surface area contributed by atoms with E-state index in [2.05, 4.69) is 0 Å². The molecule has 0 spiro atoms. The number of halogens is 1. The minimum atomic E-state index is -0.474. The molecule has 2 N–H and O–H groups in total. The third kappa shape index (κ3) is 2.53. The summed E-state index contributed by atoms with van der Waals surface area (Å²) < 4.78 is 0. The van der Waals surface area contributed by atoms with Gasteiger partial charge in [-0.3, -0.25) is 10.1 Å². The zero-order valence-electron chi connectivity index (χ0n) is 10.3. The topological polar surface area (TPSA) is 69.2 Å². The number of nitro groups is 1. The van der Waals surface area contributed by atoms with Crippen LogP contribution in [0.2, 0.25) is 5.02 Å². The number of rotatable bonds is 3. The van der Waals surface area contributed by atoms with Crippen molar-refractivity contribution in [2.75, 3.05) is 5.73 Å². The van der Waals surface area contributed by atoms with Crippen LogP contribution in [0.4, 0.5) is 11.4 Å². The Balaban J connectivity index is 2.51. The van der Waals surface area contributed by atoms with Gasteiger partial charge < -0.3 is 5.73 Å². The number of anilines is 1. The number of nitro benzene ring substituents is 1. The van der Waals surface area contributed by atoms with Gasteiger partial charge in [-0.05, 0) is 17.2 Å². The monoisotopic (exact) mass is 276 g/mol. The van der Waals surface area contributed by atoms with Gasteiger partial charge in [-0.25, -0.2) is 0 Å². The minimum Gasteiger partial charge on any atom is -0.393 e. The highest BCUT2D eigenvalue weighted by atomic mass is 35.5. The molecule has 1 unspecified atom stereocenters. The van der Waals surface area contributed by atoms with E-state index in [1.54, 1.807) is 18.2 Å². The van der Waals surface area contributed by atoms with E-state index >= 15 is 0 Å². The molecule has 0 heterocycles. The van der Waals surface area contributed by atoms with Crippen LogP contribution in [0, 0.1) is 10.1 Å². The van der Waals surface area contributed by atoms with Gasteiger partial charge in [0.15, 0.2) is 0 Å². The summed E-state index contributed by atoms with van der Waals surface area (Å²) in [6, 6.07) is 12.2. The molecule has 98 valence electrons.